The molecule has 0 aliphatic carbocycles. The van der Waals surface area contributed by atoms with Crippen molar-refractivity contribution in [2.24, 2.45) is 11.3 Å². The molecule has 2 saturated heterocycles. The van der Waals surface area contributed by atoms with Crippen LogP contribution in [-0.2, 0) is 17.9 Å². The molecule has 4 rings (SSSR count). The van der Waals surface area contributed by atoms with Crippen LogP contribution in [0, 0.1) is 11.3 Å². The van der Waals surface area contributed by atoms with Crippen LogP contribution in [0.1, 0.15) is 24.6 Å². The third-order valence-corrected chi connectivity index (χ3v) is 6.08. The van der Waals surface area contributed by atoms with Gasteiger partial charge in [0.15, 0.2) is 0 Å². The molecule has 4 heterocycles. The van der Waals surface area contributed by atoms with Gasteiger partial charge in [-0.3, -0.25) is 9.88 Å². The van der Waals surface area contributed by atoms with E-state index in [9.17, 15) is 0 Å². The van der Waals surface area contributed by atoms with E-state index in [0.717, 1.165) is 38.5 Å². The van der Waals surface area contributed by atoms with Crippen molar-refractivity contribution in [3.63, 3.8) is 0 Å². The second-order valence-electron chi connectivity index (χ2n) is 7.82. The van der Waals surface area contributed by atoms with E-state index in [1.165, 1.54) is 25.1 Å². The largest absolute Gasteiger partial charge is 0.472 e. The van der Waals surface area contributed by atoms with E-state index in [1.54, 1.807) is 6.26 Å². The number of hydrogen-bond acceptors (Lipinski definition) is 5. The van der Waals surface area contributed by atoms with Crippen molar-refractivity contribution in [3.8, 4) is 0 Å². The van der Waals surface area contributed by atoms with Crippen LogP contribution in [-0.4, -0.2) is 54.1 Å². The zero-order valence-corrected chi connectivity index (χ0v) is 15.6. The third-order valence-electron chi connectivity index (χ3n) is 6.08. The maximum atomic E-state index is 6.10. The zero-order chi connectivity index (χ0) is 17.8. The van der Waals surface area contributed by atoms with Crippen LogP contribution >= 0.6 is 0 Å². The Kier molecular flexibility index (Phi) is 5.38. The monoisotopic (exact) mass is 355 g/mol. The van der Waals surface area contributed by atoms with Crippen molar-refractivity contribution < 1.29 is 9.15 Å². The summed E-state index contributed by atoms with van der Waals surface area (Å²) in [4.78, 5) is 9.54. The number of hydrogen-bond donors (Lipinski definition) is 0. The SMILES string of the molecule is CCN1C[C@H](COCc2ccccn2)[C@@]2(CCN(Cc3ccoc3)C2)C1. The van der Waals surface area contributed by atoms with Gasteiger partial charge in [-0.2, -0.15) is 0 Å². The van der Waals surface area contributed by atoms with Gasteiger partial charge in [-0.15, -0.1) is 0 Å². The summed E-state index contributed by atoms with van der Waals surface area (Å²) in [5.74, 6) is 0.598. The molecule has 2 atom stereocenters. The molecule has 0 bridgehead atoms. The van der Waals surface area contributed by atoms with Crippen molar-refractivity contribution >= 4 is 0 Å². The van der Waals surface area contributed by atoms with E-state index in [2.05, 4.69) is 27.8 Å². The van der Waals surface area contributed by atoms with Crippen molar-refractivity contribution in [1.82, 2.24) is 14.8 Å². The lowest BCUT2D eigenvalue weighted by Gasteiger charge is -2.30. The first-order valence-electron chi connectivity index (χ1n) is 9.71. The van der Waals surface area contributed by atoms with Gasteiger partial charge in [-0.1, -0.05) is 13.0 Å². The van der Waals surface area contributed by atoms with E-state index in [-0.39, 0.29) is 0 Å². The van der Waals surface area contributed by atoms with Crippen molar-refractivity contribution in [3.05, 3.63) is 54.2 Å². The molecular formula is C21H29N3O2. The molecule has 5 heteroatoms. The van der Waals surface area contributed by atoms with Crippen LogP contribution < -0.4 is 0 Å². The van der Waals surface area contributed by atoms with Crippen LogP contribution in [0.5, 0.6) is 0 Å². The molecule has 1 spiro atoms. The summed E-state index contributed by atoms with van der Waals surface area (Å²) in [6.45, 7) is 10.5. The second-order valence-corrected chi connectivity index (χ2v) is 7.82. The standard InChI is InChI=1S/C21H29N3O2/c1-2-23-12-19(14-26-15-20-5-3-4-8-22-20)21(16-23)7-9-24(17-21)11-18-6-10-25-13-18/h3-6,8,10,13,19H,2,7,9,11-12,14-17H2,1H3/t19-,21+/m1/s1. The molecule has 0 radical (unpaired) electrons. The van der Waals surface area contributed by atoms with E-state index in [4.69, 9.17) is 9.15 Å². The van der Waals surface area contributed by atoms with Crippen LogP contribution in [0.25, 0.3) is 0 Å². The number of likely N-dealkylation sites (tertiary alicyclic amines) is 2. The fraction of sp³-hybridized carbons (Fsp3) is 0.571. The second kappa shape index (κ2) is 7.91. The molecule has 140 valence electrons. The molecule has 0 aromatic carbocycles. The lowest BCUT2D eigenvalue weighted by molar-refractivity contribution is 0.0501. The van der Waals surface area contributed by atoms with Crippen molar-refractivity contribution in [2.45, 2.75) is 26.5 Å². The van der Waals surface area contributed by atoms with Gasteiger partial charge >= 0.3 is 0 Å². The summed E-state index contributed by atoms with van der Waals surface area (Å²) >= 11 is 0. The normalized spacial score (nSPS) is 26.9. The predicted molar refractivity (Wildman–Crippen MR) is 101 cm³/mol. The summed E-state index contributed by atoms with van der Waals surface area (Å²) in [5, 5.41) is 0. The van der Waals surface area contributed by atoms with E-state index in [0.29, 0.717) is 17.9 Å². The zero-order valence-electron chi connectivity index (χ0n) is 15.6. The molecule has 2 aromatic rings. The van der Waals surface area contributed by atoms with Gasteiger partial charge in [0.25, 0.3) is 0 Å². The maximum absolute atomic E-state index is 6.10. The number of nitrogens with zero attached hydrogens (tertiary/aromatic N) is 3. The van der Waals surface area contributed by atoms with Gasteiger partial charge in [0, 0.05) is 49.3 Å². The lowest BCUT2D eigenvalue weighted by Crippen LogP contribution is -2.36. The Morgan fingerprint density at radius 1 is 1.27 bits per heavy atom. The van der Waals surface area contributed by atoms with Gasteiger partial charge in [-0.05, 0) is 37.7 Å². The van der Waals surface area contributed by atoms with E-state index in [1.807, 2.05) is 30.7 Å². The van der Waals surface area contributed by atoms with Gasteiger partial charge in [0.05, 0.1) is 31.4 Å². The van der Waals surface area contributed by atoms with E-state index >= 15 is 0 Å². The maximum Gasteiger partial charge on any atom is 0.0947 e. The topological polar surface area (TPSA) is 41.7 Å². The Hall–Kier alpha value is -1.69. The van der Waals surface area contributed by atoms with Gasteiger partial charge < -0.3 is 14.1 Å². The molecule has 2 aliphatic rings. The van der Waals surface area contributed by atoms with Gasteiger partial charge in [0.2, 0.25) is 0 Å². The Labute approximate surface area is 156 Å². The third kappa shape index (κ3) is 3.85. The Balaban J connectivity index is 1.36. The summed E-state index contributed by atoms with van der Waals surface area (Å²) in [6.07, 6.45) is 6.73. The highest BCUT2D eigenvalue weighted by Crippen LogP contribution is 2.44. The molecule has 0 unspecified atom stereocenters. The fourth-order valence-electron chi connectivity index (χ4n) is 4.63. The van der Waals surface area contributed by atoms with Gasteiger partial charge in [0.1, 0.15) is 0 Å². The molecule has 0 amide bonds. The number of furan rings is 1. The Morgan fingerprint density at radius 3 is 2.96 bits per heavy atom. The number of rotatable bonds is 7. The van der Waals surface area contributed by atoms with Crippen LogP contribution in [0.3, 0.4) is 0 Å². The first-order chi connectivity index (χ1) is 12.8. The average Bonchev–Trinajstić information content (AvgIpc) is 3.39. The number of pyridine rings is 1. The molecule has 5 nitrogen and oxygen atoms in total. The molecular weight excluding hydrogens is 326 g/mol. The molecule has 2 fully saturated rings. The highest BCUT2D eigenvalue weighted by Gasteiger charge is 2.49. The molecule has 26 heavy (non-hydrogen) atoms. The summed E-state index contributed by atoms with van der Waals surface area (Å²) in [6, 6.07) is 8.07. The van der Waals surface area contributed by atoms with Crippen molar-refractivity contribution in [2.75, 3.05) is 39.3 Å². The lowest BCUT2D eigenvalue weighted by atomic mass is 9.77. The van der Waals surface area contributed by atoms with Crippen molar-refractivity contribution in [1.29, 1.82) is 0 Å². The molecule has 0 saturated carbocycles. The number of aromatic nitrogens is 1. The minimum atomic E-state index is 0.365. The predicted octanol–water partition coefficient (Wildman–Crippen LogP) is 3.04. The number of ether oxygens (including phenoxy) is 1. The minimum absolute atomic E-state index is 0.365. The highest BCUT2D eigenvalue weighted by atomic mass is 16.5. The first kappa shape index (κ1) is 17.7. The average molecular weight is 355 g/mol. The van der Waals surface area contributed by atoms with Crippen LogP contribution in [0.4, 0.5) is 0 Å². The molecule has 2 aliphatic heterocycles. The van der Waals surface area contributed by atoms with Gasteiger partial charge in [-0.25, -0.2) is 0 Å². The Morgan fingerprint density at radius 2 is 2.19 bits per heavy atom. The quantitative estimate of drug-likeness (QED) is 0.764. The Bertz CT molecular complexity index is 676. The fourth-order valence-corrected chi connectivity index (χ4v) is 4.63. The molecule has 0 N–H and O–H groups in total. The van der Waals surface area contributed by atoms with E-state index < -0.39 is 0 Å². The summed E-state index contributed by atoms with van der Waals surface area (Å²) in [5.41, 5.74) is 2.65. The highest BCUT2D eigenvalue weighted by molar-refractivity contribution is 5.08. The smallest absolute Gasteiger partial charge is 0.0947 e. The minimum Gasteiger partial charge on any atom is -0.472 e. The van der Waals surface area contributed by atoms with Crippen LogP contribution in [0.2, 0.25) is 0 Å². The first-order valence-corrected chi connectivity index (χ1v) is 9.71. The van der Waals surface area contributed by atoms with Crippen LogP contribution in [0.15, 0.2) is 47.4 Å². The summed E-state index contributed by atoms with van der Waals surface area (Å²) < 4.78 is 11.3. The molecule has 2 aromatic heterocycles. The summed E-state index contributed by atoms with van der Waals surface area (Å²) in [7, 11) is 0.